The second kappa shape index (κ2) is 7.03. The summed E-state index contributed by atoms with van der Waals surface area (Å²) in [5.74, 6) is 1.38. The normalized spacial score (nSPS) is 12.9. The average Bonchev–Trinajstić information content (AvgIpc) is 3.19. The van der Waals surface area contributed by atoms with Crippen molar-refractivity contribution in [2.45, 2.75) is 0 Å². The van der Waals surface area contributed by atoms with Crippen molar-refractivity contribution in [3.63, 3.8) is 0 Å². The number of hydrogen-bond acceptors (Lipinski definition) is 3. The van der Waals surface area contributed by atoms with Crippen LogP contribution in [0.5, 0.6) is 0 Å². The lowest BCUT2D eigenvalue weighted by molar-refractivity contribution is 0.0444. The van der Waals surface area contributed by atoms with E-state index in [1.165, 1.54) is 0 Å². The van der Waals surface area contributed by atoms with Gasteiger partial charge in [0.05, 0.1) is 11.1 Å². The molecule has 0 fully saturated rings. The van der Waals surface area contributed by atoms with E-state index in [-0.39, 0.29) is 11.1 Å². The Hall–Kier alpha value is -4.94. The van der Waals surface area contributed by atoms with Crippen LogP contribution in [0.15, 0.2) is 91.0 Å². The van der Waals surface area contributed by atoms with Gasteiger partial charge in [0.2, 0.25) is 0 Å². The van der Waals surface area contributed by atoms with Gasteiger partial charge in [0.15, 0.2) is 0 Å². The highest BCUT2D eigenvalue weighted by Crippen LogP contribution is 2.44. The summed E-state index contributed by atoms with van der Waals surface area (Å²) in [6.07, 6.45) is 6.04. The number of benzene rings is 6. The second-order valence-corrected chi connectivity index (χ2v) is 8.79. The first-order valence-corrected chi connectivity index (χ1v) is 11.3. The third-order valence-electron chi connectivity index (χ3n) is 6.93. The van der Waals surface area contributed by atoms with Gasteiger partial charge in [-0.3, -0.25) is 0 Å². The SMILES string of the molecule is C#Cc1c2c(c3cc4ccccc4cc3c1-c1cccc3cc4ccccc4cc13)C(=O)OC2=O. The van der Waals surface area contributed by atoms with Crippen molar-refractivity contribution in [2.75, 3.05) is 0 Å². The van der Waals surface area contributed by atoms with Gasteiger partial charge >= 0.3 is 11.9 Å². The molecule has 0 N–H and O–H groups in total. The molecule has 6 aromatic rings. The van der Waals surface area contributed by atoms with Gasteiger partial charge in [-0.2, -0.15) is 0 Å². The van der Waals surface area contributed by atoms with Gasteiger partial charge < -0.3 is 4.74 Å². The number of esters is 2. The highest BCUT2D eigenvalue weighted by atomic mass is 16.6. The number of rotatable bonds is 1. The Morgan fingerprint density at radius 2 is 1.06 bits per heavy atom. The molecule has 0 saturated heterocycles. The highest BCUT2D eigenvalue weighted by Gasteiger charge is 2.36. The monoisotopic (exact) mass is 448 g/mol. The highest BCUT2D eigenvalue weighted by molar-refractivity contribution is 6.27. The molecule has 1 heterocycles. The predicted molar refractivity (Wildman–Crippen MR) is 140 cm³/mol. The van der Waals surface area contributed by atoms with E-state index in [2.05, 4.69) is 42.3 Å². The van der Waals surface area contributed by atoms with Gasteiger partial charge in [-0.15, -0.1) is 6.42 Å². The molecule has 1 aliphatic rings. The zero-order valence-electron chi connectivity index (χ0n) is 18.5. The minimum absolute atomic E-state index is 0.174. The molecule has 162 valence electrons. The molecule has 0 aromatic heterocycles. The van der Waals surface area contributed by atoms with Crippen molar-refractivity contribution in [1.82, 2.24) is 0 Å². The smallest absolute Gasteiger partial charge is 0.348 e. The second-order valence-electron chi connectivity index (χ2n) is 8.79. The van der Waals surface area contributed by atoms with Crippen molar-refractivity contribution in [1.29, 1.82) is 0 Å². The van der Waals surface area contributed by atoms with Crippen LogP contribution in [0, 0.1) is 12.3 Å². The third-order valence-corrected chi connectivity index (χ3v) is 6.93. The van der Waals surface area contributed by atoms with Crippen LogP contribution in [0.3, 0.4) is 0 Å². The molecule has 0 bridgehead atoms. The molecule has 0 radical (unpaired) electrons. The van der Waals surface area contributed by atoms with Crippen LogP contribution in [0.1, 0.15) is 26.3 Å². The lowest BCUT2D eigenvalue weighted by atomic mass is 9.84. The van der Waals surface area contributed by atoms with Crippen LogP contribution in [0.4, 0.5) is 0 Å². The molecule has 0 atom stereocenters. The molecule has 35 heavy (non-hydrogen) atoms. The molecule has 3 heteroatoms. The number of hydrogen-bond donors (Lipinski definition) is 0. The summed E-state index contributed by atoms with van der Waals surface area (Å²) in [5, 5.41) is 7.83. The van der Waals surface area contributed by atoms with Crippen LogP contribution in [-0.4, -0.2) is 11.9 Å². The van der Waals surface area contributed by atoms with Gasteiger partial charge in [-0.25, -0.2) is 9.59 Å². The molecular weight excluding hydrogens is 432 g/mol. The van der Waals surface area contributed by atoms with E-state index in [1.807, 2.05) is 54.6 Å². The number of cyclic esters (lactones) is 2. The maximum Gasteiger partial charge on any atom is 0.348 e. The van der Waals surface area contributed by atoms with E-state index >= 15 is 0 Å². The fourth-order valence-corrected chi connectivity index (χ4v) is 5.38. The van der Waals surface area contributed by atoms with Crippen molar-refractivity contribution in [3.8, 4) is 23.5 Å². The topological polar surface area (TPSA) is 43.4 Å². The summed E-state index contributed by atoms with van der Waals surface area (Å²) in [7, 11) is 0. The van der Waals surface area contributed by atoms with Crippen molar-refractivity contribution in [3.05, 3.63) is 108 Å². The van der Waals surface area contributed by atoms with E-state index in [9.17, 15) is 9.59 Å². The molecule has 1 aliphatic heterocycles. The first-order chi connectivity index (χ1) is 17.1. The molecule has 3 nitrogen and oxygen atoms in total. The molecule has 0 amide bonds. The number of carbonyl (C=O) groups is 2. The Bertz CT molecular complexity index is 1970. The van der Waals surface area contributed by atoms with Crippen LogP contribution in [0.2, 0.25) is 0 Å². The van der Waals surface area contributed by atoms with Crippen molar-refractivity contribution >= 4 is 55.0 Å². The summed E-state index contributed by atoms with van der Waals surface area (Å²) in [5.41, 5.74) is 2.49. The minimum Gasteiger partial charge on any atom is -0.386 e. The Balaban J connectivity index is 1.72. The van der Waals surface area contributed by atoms with E-state index in [4.69, 9.17) is 11.2 Å². The van der Waals surface area contributed by atoms with Crippen molar-refractivity contribution < 1.29 is 14.3 Å². The Morgan fingerprint density at radius 3 is 1.69 bits per heavy atom. The summed E-state index contributed by atoms with van der Waals surface area (Å²) in [4.78, 5) is 25.6. The Kier molecular flexibility index (Phi) is 3.92. The first-order valence-electron chi connectivity index (χ1n) is 11.3. The zero-order valence-corrected chi connectivity index (χ0v) is 18.5. The van der Waals surface area contributed by atoms with Crippen LogP contribution < -0.4 is 0 Å². The van der Waals surface area contributed by atoms with Crippen LogP contribution in [-0.2, 0) is 4.74 Å². The van der Waals surface area contributed by atoms with Gasteiger partial charge in [-0.05, 0) is 72.9 Å². The fraction of sp³-hybridized carbons (Fsp3) is 0. The Morgan fingerprint density at radius 1 is 0.543 bits per heavy atom. The third kappa shape index (κ3) is 2.68. The van der Waals surface area contributed by atoms with E-state index in [0.717, 1.165) is 48.8 Å². The minimum atomic E-state index is -0.694. The molecule has 7 rings (SSSR count). The number of fused-ring (bicyclic) bond motifs is 6. The van der Waals surface area contributed by atoms with Gasteiger partial charge in [0.25, 0.3) is 0 Å². The van der Waals surface area contributed by atoms with E-state index in [0.29, 0.717) is 10.9 Å². The molecule has 0 spiro atoms. The largest absolute Gasteiger partial charge is 0.386 e. The molecular formula is C32H16O3. The van der Waals surface area contributed by atoms with Crippen LogP contribution in [0.25, 0.3) is 54.2 Å². The van der Waals surface area contributed by atoms with E-state index < -0.39 is 11.9 Å². The standard InChI is InChI=1S/C32H16O3/c1-2-23-28(24-13-7-12-22-14-18-8-3-4-9-19(18)15-25(22)24)26-16-20-10-5-6-11-21(20)17-27(26)30-29(23)31(33)35-32(30)34/h1,3-17H. The number of terminal acetylenes is 1. The average molecular weight is 448 g/mol. The lowest BCUT2D eigenvalue weighted by Crippen LogP contribution is -2.02. The number of carbonyl (C=O) groups excluding carboxylic acids is 2. The first kappa shape index (κ1) is 19.5. The summed E-state index contributed by atoms with van der Waals surface area (Å²) in [6, 6.07) is 30.6. The summed E-state index contributed by atoms with van der Waals surface area (Å²) < 4.78 is 5.06. The molecule has 0 saturated carbocycles. The van der Waals surface area contributed by atoms with Gasteiger partial charge in [0, 0.05) is 11.1 Å². The summed E-state index contributed by atoms with van der Waals surface area (Å²) in [6.45, 7) is 0. The quantitative estimate of drug-likeness (QED) is 0.115. The van der Waals surface area contributed by atoms with Gasteiger partial charge in [-0.1, -0.05) is 72.7 Å². The predicted octanol–water partition coefficient (Wildman–Crippen LogP) is 7.26. The maximum atomic E-state index is 12.8. The summed E-state index contributed by atoms with van der Waals surface area (Å²) >= 11 is 0. The zero-order chi connectivity index (χ0) is 23.7. The van der Waals surface area contributed by atoms with Crippen molar-refractivity contribution in [2.24, 2.45) is 0 Å². The lowest BCUT2D eigenvalue weighted by Gasteiger charge is -2.17. The molecule has 0 unspecified atom stereocenters. The Labute approximate surface area is 200 Å². The fourth-order valence-electron chi connectivity index (χ4n) is 5.38. The van der Waals surface area contributed by atoms with E-state index in [1.54, 1.807) is 0 Å². The maximum absolute atomic E-state index is 12.8. The van der Waals surface area contributed by atoms with Gasteiger partial charge in [0.1, 0.15) is 0 Å². The van der Waals surface area contributed by atoms with Crippen LogP contribution >= 0.6 is 0 Å². The number of ether oxygens (including phenoxy) is 1. The molecule has 0 aliphatic carbocycles. The molecule has 6 aromatic carbocycles.